The van der Waals surface area contributed by atoms with Crippen LogP contribution in [0.2, 0.25) is 0 Å². The highest BCUT2D eigenvalue weighted by Crippen LogP contribution is 2.42. The molecule has 0 spiro atoms. The van der Waals surface area contributed by atoms with Crippen molar-refractivity contribution in [1.82, 2.24) is 24.8 Å². The van der Waals surface area contributed by atoms with Crippen LogP contribution < -0.4 is 14.8 Å². The Morgan fingerprint density at radius 3 is 2.51 bits per heavy atom. The van der Waals surface area contributed by atoms with Gasteiger partial charge in [-0.3, -0.25) is 0 Å². The molecule has 0 radical (unpaired) electrons. The Morgan fingerprint density at radius 1 is 1.14 bits per heavy atom. The van der Waals surface area contributed by atoms with Gasteiger partial charge in [0.1, 0.15) is 22.3 Å². The molecule has 2 aromatic heterocycles. The number of ether oxygens (including phenoxy) is 2. The number of hydrogen-bond acceptors (Lipinski definition) is 10. The van der Waals surface area contributed by atoms with E-state index in [1.54, 1.807) is 12.1 Å². The fourth-order valence-electron chi connectivity index (χ4n) is 5.65. The Kier molecular flexibility index (Phi) is 9.05. The van der Waals surface area contributed by atoms with Gasteiger partial charge in [0.15, 0.2) is 5.65 Å². The molecule has 2 fully saturated rings. The van der Waals surface area contributed by atoms with Crippen LogP contribution >= 0.6 is 0 Å². The molecule has 0 unspecified atom stereocenters. The van der Waals surface area contributed by atoms with E-state index in [1.807, 2.05) is 50.0 Å². The maximum atomic E-state index is 15.3. The summed E-state index contributed by atoms with van der Waals surface area (Å²) in [5.74, 6) is -2.66. The van der Waals surface area contributed by atoms with Gasteiger partial charge in [-0.2, -0.15) is 15.0 Å². The summed E-state index contributed by atoms with van der Waals surface area (Å²) in [6.07, 6.45) is 0.935. The zero-order valence-electron chi connectivity index (χ0n) is 25.3. The molecule has 5 rings (SSSR count). The fourth-order valence-corrected chi connectivity index (χ4v) is 7.14. The van der Waals surface area contributed by atoms with E-state index in [4.69, 9.17) is 9.47 Å². The van der Waals surface area contributed by atoms with Gasteiger partial charge in [-0.15, -0.1) is 0 Å². The van der Waals surface area contributed by atoms with Gasteiger partial charge in [0, 0.05) is 36.8 Å². The third kappa shape index (κ3) is 6.99. The summed E-state index contributed by atoms with van der Waals surface area (Å²) < 4.78 is 66.2. The molecule has 2 aliphatic heterocycles. The number of hydrogen-bond donors (Lipinski definition) is 1. The lowest BCUT2D eigenvalue weighted by molar-refractivity contribution is -0.118. The minimum absolute atomic E-state index is 0.00190. The predicted molar refractivity (Wildman–Crippen MR) is 162 cm³/mol. The second-order valence-electron chi connectivity index (χ2n) is 11.9. The first kappa shape index (κ1) is 31.3. The number of halogens is 2. The highest BCUT2D eigenvalue weighted by atomic mass is 32.2. The lowest BCUT2D eigenvalue weighted by atomic mass is 9.87. The van der Waals surface area contributed by atoms with Gasteiger partial charge in [0.05, 0.1) is 29.9 Å². The first-order valence-electron chi connectivity index (χ1n) is 14.5. The van der Waals surface area contributed by atoms with Crippen LogP contribution in [-0.4, -0.2) is 99.2 Å². The summed E-state index contributed by atoms with van der Waals surface area (Å²) in [4.78, 5) is 17.7. The van der Waals surface area contributed by atoms with Crippen molar-refractivity contribution in [3.8, 4) is 11.9 Å². The average molecular weight is 619 g/mol. The van der Waals surface area contributed by atoms with Crippen LogP contribution in [0.3, 0.4) is 0 Å². The normalized spacial score (nSPS) is 18.9. The predicted octanol–water partition coefficient (Wildman–Crippen LogP) is 4.09. The van der Waals surface area contributed by atoms with Crippen molar-refractivity contribution >= 4 is 26.7 Å². The number of rotatable bonds is 11. The molecule has 10 nitrogen and oxygen atoms in total. The number of sulfone groups is 1. The van der Waals surface area contributed by atoms with Crippen molar-refractivity contribution in [2.24, 2.45) is 5.92 Å². The van der Waals surface area contributed by atoms with Gasteiger partial charge in [0.2, 0.25) is 5.88 Å². The SMILES string of the molecule is COc1nc2nc(OCCN(C)C)nc(N[C@H](C)c3cccc(C(F)(F)C4CN(C)C4)c3)c2cc1C1CCS(=O)(=O)CC1. The van der Waals surface area contributed by atoms with Crippen molar-refractivity contribution in [1.29, 1.82) is 0 Å². The molecule has 234 valence electrons. The van der Waals surface area contributed by atoms with Crippen LogP contribution in [0.15, 0.2) is 30.3 Å². The molecular weight excluding hydrogens is 578 g/mol. The zero-order chi connectivity index (χ0) is 30.9. The van der Waals surface area contributed by atoms with Crippen LogP contribution in [0.4, 0.5) is 14.6 Å². The molecule has 0 amide bonds. The molecule has 4 heterocycles. The van der Waals surface area contributed by atoms with E-state index in [1.165, 1.54) is 13.2 Å². The summed E-state index contributed by atoms with van der Waals surface area (Å²) >= 11 is 0. The number of likely N-dealkylation sites (N-methyl/N-ethyl adjacent to an activating group) is 1. The largest absolute Gasteiger partial charge is 0.481 e. The lowest BCUT2D eigenvalue weighted by Gasteiger charge is -2.41. The molecule has 0 aliphatic carbocycles. The minimum atomic E-state index is -3.06. The molecule has 43 heavy (non-hydrogen) atoms. The topological polar surface area (TPSA) is 110 Å². The second-order valence-corrected chi connectivity index (χ2v) is 14.2. The van der Waals surface area contributed by atoms with Crippen molar-refractivity contribution in [2.75, 3.05) is 71.3 Å². The van der Waals surface area contributed by atoms with Crippen LogP contribution in [0.1, 0.15) is 48.4 Å². The molecule has 3 aromatic rings. The Bertz CT molecular complexity index is 1550. The number of alkyl halides is 2. The number of anilines is 1. The Morgan fingerprint density at radius 2 is 1.86 bits per heavy atom. The first-order chi connectivity index (χ1) is 20.4. The van der Waals surface area contributed by atoms with Gasteiger partial charge in [-0.25, -0.2) is 17.2 Å². The smallest absolute Gasteiger partial charge is 0.320 e. The molecule has 1 aromatic carbocycles. The number of methoxy groups -OCH3 is 1. The highest BCUT2D eigenvalue weighted by Gasteiger charge is 2.46. The summed E-state index contributed by atoms with van der Waals surface area (Å²) in [7, 11) is 4.18. The van der Waals surface area contributed by atoms with Crippen molar-refractivity contribution in [3.63, 3.8) is 0 Å². The Balaban J connectivity index is 1.49. The van der Waals surface area contributed by atoms with E-state index in [0.717, 1.165) is 5.56 Å². The van der Waals surface area contributed by atoms with E-state index in [9.17, 15) is 8.42 Å². The maximum Gasteiger partial charge on any atom is 0.320 e. The van der Waals surface area contributed by atoms with Crippen molar-refractivity contribution in [3.05, 3.63) is 47.0 Å². The molecule has 1 N–H and O–H groups in total. The van der Waals surface area contributed by atoms with E-state index >= 15 is 8.78 Å². The summed E-state index contributed by atoms with van der Waals surface area (Å²) in [6.45, 7) is 3.62. The highest BCUT2D eigenvalue weighted by molar-refractivity contribution is 7.91. The molecular formula is C30H40F2N6O4S. The summed E-state index contributed by atoms with van der Waals surface area (Å²) in [6, 6.07) is 8.16. The number of fused-ring (bicyclic) bond motifs is 1. The Labute approximate surface area is 251 Å². The quantitative estimate of drug-likeness (QED) is 0.338. The monoisotopic (exact) mass is 618 g/mol. The molecule has 0 bridgehead atoms. The molecule has 1 atom stereocenters. The second kappa shape index (κ2) is 12.4. The number of likely N-dealkylation sites (tertiary alicyclic amines) is 1. The zero-order valence-corrected chi connectivity index (χ0v) is 26.1. The third-order valence-corrected chi connectivity index (χ3v) is 10.0. The lowest BCUT2D eigenvalue weighted by Crippen LogP contribution is -2.51. The Hall–Kier alpha value is -3.16. The van der Waals surface area contributed by atoms with Gasteiger partial charge < -0.3 is 24.6 Å². The van der Waals surface area contributed by atoms with Crippen LogP contribution in [-0.2, 0) is 15.8 Å². The maximum absolute atomic E-state index is 15.3. The number of nitrogens with one attached hydrogen (secondary N) is 1. The number of aromatic nitrogens is 3. The van der Waals surface area contributed by atoms with Crippen molar-refractivity contribution in [2.45, 2.75) is 37.6 Å². The molecule has 0 saturated carbocycles. The summed E-state index contributed by atoms with van der Waals surface area (Å²) in [5, 5.41) is 4.00. The number of benzene rings is 1. The van der Waals surface area contributed by atoms with Gasteiger partial charge in [-0.1, -0.05) is 18.2 Å². The van der Waals surface area contributed by atoms with Gasteiger partial charge in [0.25, 0.3) is 5.92 Å². The first-order valence-corrected chi connectivity index (χ1v) is 16.4. The van der Waals surface area contributed by atoms with E-state index in [2.05, 4.69) is 20.3 Å². The molecule has 2 aliphatic rings. The third-order valence-electron chi connectivity index (χ3n) is 8.32. The summed E-state index contributed by atoms with van der Waals surface area (Å²) in [5.41, 5.74) is 1.82. The van der Waals surface area contributed by atoms with E-state index in [-0.39, 0.29) is 29.0 Å². The van der Waals surface area contributed by atoms with Crippen LogP contribution in [0.5, 0.6) is 11.9 Å². The number of pyridine rings is 1. The molecule has 2 saturated heterocycles. The van der Waals surface area contributed by atoms with Gasteiger partial charge in [-0.05, 0) is 64.5 Å². The fraction of sp³-hybridized carbons (Fsp3) is 0.567. The minimum Gasteiger partial charge on any atom is -0.481 e. The number of nitrogens with zero attached hydrogens (tertiary/aromatic N) is 5. The standard InChI is InChI=1S/C30H40F2N6O4S/c1-19(21-7-6-8-22(15-21)30(31,32)23-17-38(4)18-23)33-26-25-16-24(20-9-13-43(39,40)14-10-20)28(41-5)34-27(25)36-29(35-26)42-12-11-37(2)3/h6-8,15-16,19-20,23H,9-14,17-18H2,1-5H3,(H,33,34,35,36)/t19-/m1/s1. The van der Waals surface area contributed by atoms with Gasteiger partial charge >= 0.3 is 6.01 Å². The van der Waals surface area contributed by atoms with Crippen LogP contribution in [0, 0.1) is 5.92 Å². The van der Waals surface area contributed by atoms with Crippen molar-refractivity contribution < 1.29 is 26.7 Å². The average Bonchev–Trinajstić information content (AvgIpc) is 2.94. The van der Waals surface area contributed by atoms with Crippen LogP contribution in [0.25, 0.3) is 11.0 Å². The molecule has 13 heteroatoms. The van der Waals surface area contributed by atoms with E-state index < -0.39 is 27.7 Å². The van der Waals surface area contributed by atoms with E-state index in [0.29, 0.717) is 67.4 Å².